The van der Waals surface area contributed by atoms with Gasteiger partial charge in [0.1, 0.15) is 23.4 Å². The van der Waals surface area contributed by atoms with Gasteiger partial charge in [0.25, 0.3) is 0 Å². The van der Waals surface area contributed by atoms with Gasteiger partial charge in [-0.15, -0.1) is 0 Å². The highest BCUT2D eigenvalue weighted by atomic mass is 16.5. The van der Waals surface area contributed by atoms with E-state index in [9.17, 15) is 9.59 Å². The Morgan fingerprint density at radius 2 is 1.75 bits per heavy atom. The fourth-order valence-corrected chi connectivity index (χ4v) is 4.61. The minimum Gasteiger partial charge on any atom is -0.493 e. The Morgan fingerprint density at radius 1 is 0.969 bits per heavy atom. The van der Waals surface area contributed by atoms with Gasteiger partial charge >= 0.3 is 0 Å². The Balaban J connectivity index is 1.60. The lowest BCUT2D eigenvalue weighted by molar-refractivity contribution is -0.118. The van der Waals surface area contributed by atoms with E-state index >= 15 is 0 Å². The van der Waals surface area contributed by atoms with Crippen LogP contribution in [0.3, 0.4) is 0 Å². The third-order valence-corrected chi connectivity index (χ3v) is 6.23. The molecule has 32 heavy (non-hydrogen) atoms. The molecule has 0 radical (unpaired) electrons. The second kappa shape index (κ2) is 7.26. The van der Waals surface area contributed by atoms with E-state index < -0.39 is 0 Å². The van der Waals surface area contributed by atoms with Gasteiger partial charge in [0.05, 0.1) is 25.2 Å². The Bertz CT molecular complexity index is 1360. The molecule has 1 aromatic heterocycles. The van der Waals surface area contributed by atoms with Gasteiger partial charge in [-0.25, -0.2) is 0 Å². The van der Waals surface area contributed by atoms with Crippen LogP contribution < -0.4 is 19.6 Å². The van der Waals surface area contributed by atoms with Crippen molar-refractivity contribution in [1.82, 2.24) is 0 Å². The minimum atomic E-state index is -0.155. The largest absolute Gasteiger partial charge is 0.493 e. The van der Waals surface area contributed by atoms with Gasteiger partial charge in [0, 0.05) is 30.4 Å². The molecule has 2 heterocycles. The lowest BCUT2D eigenvalue weighted by Gasteiger charge is -2.34. The van der Waals surface area contributed by atoms with E-state index in [4.69, 9.17) is 18.6 Å². The predicted octanol–water partition coefficient (Wildman–Crippen LogP) is 5.06. The molecule has 2 aliphatic rings. The van der Waals surface area contributed by atoms with E-state index in [1.54, 1.807) is 44.6 Å². The first-order valence-corrected chi connectivity index (χ1v) is 10.5. The first kappa shape index (κ1) is 20.4. The van der Waals surface area contributed by atoms with E-state index in [-0.39, 0.29) is 16.6 Å². The molecule has 0 unspecified atom stereocenters. The fourth-order valence-electron chi connectivity index (χ4n) is 4.61. The zero-order chi connectivity index (χ0) is 22.6. The molecular formula is C26H24O6. The van der Waals surface area contributed by atoms with Crippen molar-refractivity contribution >= 4 is 16.8 Å². The molecule has 164 valence electrons. The summed E-state index contributed by atoms with van der Waals surface area (Å²) < 4.78 is 22.7. The van der Waals surface area contributed by atoms with Crippen molar-refractivity contribution < 1.29 is 23.4 Å². The predicted molar refractivity (Wildman–Crippen MR) is 120 cm³/mol. The molecule has 3 aromatic rings. The van der Waals surface area contributed by atoms with Crippen LogP contribution in [0.2, 0.25) is 0 Å². The number of allylic oxidation sites excluding steroid dienone is 2. The van der Waals surface area contributed by atoms with Crippen LogP contribution >= 0.6 is 0 Å². The molecule has 0 fully saturated rings. The van der Waals surface area contributed by atoms with Gasteiger partial charge in [0.15, 0.2) is 17.3 Å². The van der Waals surface area contributed by atoms with Crippen LogP contribution in [0.4, 0.5) is 0 Å². The van der Waals surface area contributed by atoms with E-state index in [0.29, 0.717) is 64.2 Å². The standard InChI is InChI=1S/C26H24O6/c1-26(2)11-19(27)16-10-17-20(32-23(16)12-26)8-6-15-24(28)18(13-31-25(15)17)14-5-7-21(29-3)22(9-14)30-4/h5-9,13H,10-12H2,1-4H3. The highest BCUT2D eigenvalue weighted by Crippen LogP contribution is 2.44. The SMILES string of the molecule is COc1ccc(-c2coc3c4c(ccc3c2=O)OC2=C(C4)C(=O)CC(C)(C)C2)cc1OC. The summed E-state index contributed by atoms with van der Waals surface area (Å²) in [6, 6.07) is 8.82. The minimum absolute atomic E-state index is 0.100. The Kier molecular flexibility index (Phi) is 4.62. The van der Waals surface area contributed by atoms with Crippen LogP contribution in [0.25, 0.3) is 22.1 Å². The number of fused-ring (bicyclic) bond motifs is 3. The number of benzene rings is 2. The van der Waals surface area contributed by atoms with E-state index in [2.05, 4.69) is 13.8 Å². The smallest absolute Gasteiger partial charge is 0.200 e. The van der Waals surface area contributed by atoms with Gasteiger partial charge in [-0.1, -0.05) is 19.9 Å². The average Bonchev–Trinajstić information content (AvgIpc) is 2.77. The highest BCUT2D eigenvalue weighted by Gasteiger charge is 2.37. The average molecular weight is 432 g/mol. The molecule has 0 bridgehead atoms. The Labute approximate surface area is 185 Å². The molecule has 0 saturated heterocycles. The number of carbonyl (C=O) groups excluding carboxylic acids is 1. The molecule has 0 N–H and O–H groups in total. The summed E-state index contributed by atoms with van der Waals surface area (Å²) in [4.78, 5) is 26.1. The molecule has 1 aliphatic heterocycles. The quantitative estimate of drug-likeness (QED) is 0.576. The van der Waals surface area contributed by atoms with E-state index in [1.807, 2.05) is 0 Å². The number of Topliss-reactive ketones (excluding diaryl/α,β-unsaturated/α-hetero) is 1. The van der Waals surface area contributed by atoms with Crippen LogP contribution in [0.15, 0.2) is 57.1 Å². The molecular weight excluding hydrogens is 408 g/mol. The summed E-state index contributed by atoms with van der Waals surface area (Å²) in [5.74, 6) is 2.59. The van der Waals surface area contributed by atoms with Gasteiger partial charge < -0.3 is 18.6 Å². The molecule has 0 spiro atoms. The lowest BCUT2D eigenvalue weighted by atomic mass is 9.74. The molecule has 1 aliphatic carbocycles. The monoisotopic (exact) mass is 432 g/mol. The second-order valence-electron chi connectivity index (χ2n) is 9.09. The third kappa shape index (κ3) is 3.18. The van der Waals surface area contributed by atoms with Crippen molar-refractivity contribution in [3.63, 3.8) is 0 Å². The van der Waals surface area contributed by atoms with Gasteiger partial charge in [0.2, 0.25) is 5.43 Å². The molecule has 6 nitrogen and oxygen atoms in total. The van der Waals surface area contributed by atoms with Gasteiger partial charge in [-0.05, 0) is 35.2 Å². The fraction of sp³-hybridized carbons (Fsp3) is 0.308. The van der Waals surface area contributed by atoms with Crippen LogP contribution in [-0.2, 0) is 11.2 Å². The number of hydrogen-bond acceptors (Lipinski definition) is 6. The first-order valence-electron chi connectivity index (χ1n) is 10.5. The number of ketones is 1. The summed E-state index contributed by atoms with van der Waals surface area (Å²) in [6.07, 6.45) is 3.08. The maximum absolute atomic E-state index is 13.3. The van der Waals surface area contributed by atoms with Crippen molar-refractivity contribution in [3.05, 3.63) is 63.7 Å². The second-order valence-corrected chi connectivity index (χ2v) is 9.09. The van der Waals surface area contributed by atoms with Crippen molar-refractivity contribution in [2.75, 3.05) is 14.2 Å². The number of rotatable bonds is 3. The summed E-state index contributed by atoms with van der Waals surface area (Å²) in [7, 11) is 3.11. The van der Waals surface area contributed by atoms with Crippen molar-refractivity contribution in [2.24, 2.45) is 5.41 Å². The third-order valence-electron chi connectivity index (χ3n) is 6.23. The maximum atomic E-state index is 13.3. The van der Waals surface area contributed by atoms with Crippen LogP contribution in [0, 0.1) is 5.41 Å². The topological polar surface area (TPSA) is 75.0 Å². The molecule has 5 rings (SSSR count). The molecule has 0 saturated carbocycles. The summed E-state index contributed by atoms with van der Waals surface area (Å²) in [5, 5.41) is 0.451. The highest BCUT2D eigenvalue weighted by molar-refractivity contribution is 5.99. The first-order chi connectivity index (χ1) is 15.3. The van der Waals surface area contributed by atoms with E-state index in [1.165, 1.54) is 6.26 Å². The Hall–Kier alpha value is -3.54. The lowest BCUT2D eigenvalue weighted by Crippen LogP contribution is -2.30. The normalized spacial score (nSPS) is 16.9. The zero-order valence-electron chi connectivity index (χ0n) is 18.5. The van der Waals surface area contributed by atoms with Crippen LogP contribution in [-0.4, -0.2) is 20.0 Å². The maximum Gasteiger partial charge on any atom is 0.200 e. The van der Waals surface area contributed by atoms with Crippen molar-refractivity contribution in [2.45, 2.75) is 33.1 Å². The van der Waals surface area contributed by atoms with Crippen LogP contribution in [0.5, 0.6) is 17.2 Å². The molecule has 6 heteroatoms. The summed E-state index contributed by atoms with van der Waals surface area (Å²) >= 11 is 0. The number of methoxy groups -OCH3 is 2. The Morgan fingerprint density at radius 3 is 2.50 bits per heavy atom. The van der Waals surface area contributed by atoms with Gasteiger partial charge in [-0.2, -0.15) is 0 Å². The summed E-state index contributed by atoms with van der Waals surface area (Å²) in [5.41, 5.74) is 2.71. The number of hydrogen-bond donors (Lipinski definition) is 0. The molecule has 0 amide bonds. The van der Waals surface area contributed by atoms with E-state index in [0.717, 1.165) is 11.3 Å². The van der Waals surface area contributed by atoms with Crippen LogP contribution in [0.1, 0.15) is 32.3 Å². The van der Waals surface area contributed by atoms with Crippen molar-refractivity contribution in [3.8, 4) is 28.4 Å². The number of ether oxygens (including phenoxy) is 3. The van der Waals surface area contributed by atoms with Gasteiger partial charge in [-0.3, -0.25) is 9.59 Å². The summed E-state index contributed by atoms with van der Waals surface area (Å²) in [6.45, 7) is 4.14. The number of carbonyl (C=O) groups is 1. The van der Waals surface area contributed by atoms with Crippen molar-refractivity contribution in [1.29, 1.82) is 0 Å². The molecule has 0 atom stereocenters. The molecule has 2 aromatic carbocycles. The zero-order valence-corrected chi connectivity index (χ0v) is 18.5.